The maximum absolute atomic E-state index is 12.8. The third-order valence-electron chi connectivity index (χ3n) is 4.23. The average Bonchev–Trinajstić information content (AvgIpc) is 2.92. The Kier molecular flexibility index (Phi) is 5.26. The zero-order valence-electron chi connectivity index (χ0n) is 14.8. The van der Waals surface area contributed by atoms with E-state index in [1.54, 1.807) is 4.90 Å². The van der Waals surface area contributed by atoms with E-state index >= 15 is 0 Å². The molecule has 0 unspecified atom stereocenters. The molecule has 1 saturated heterocycles. The normalized spacial score (nSPS) is 17.7. The number of rotatable bonds is 3. The summed E-state index contributed by atoms with van der Waals surface area (Å²) in [5.41, 5.74) is 2.68. The van der Waals surface area contributed by atoms with Crippen LogP contribution in [0, 0.1) is 13.8 Å². The second-order valence-corrected chi connectivity index (χ2v) is 6.14. The summed E-state index contributed by atoms with van der Waals surface area (Å²) in [5.74, 6) is -0.402. The minimum Gasteiger partial charge on any atom is -0.406 e. The predicted octanol–water partition coefficient (Wildman–Crippen LogP) is 3.53. The Morgan fingerprint density at radius 3 is 2.85 bits per heavy atom. The molecule has 1 fully saturated rings. The molecule has 2 amide bonds. The molecule has 1 aromatic carbocycles. The number of benzene rings is 1. The SMILES string of the molecule is Cc1n[nH]c(C)c1[C@H]1COCCN1C(=O)Nc1cccc(OC(F)(F)F)c1. The van der Waals surface area contributed by atoms with Gasteiger partial charge in [0.15, 0.2) is 0 Å². The first-order valence-corrected chi connectivity index (χ1v) is 8.27. The van der Waals surface area contributed by atoms with Gasteiger partial charge in [-0.05, 0) is 26.0 Å². The van der Waals surface area contributed by atoms with Crippen molar-refractivity contribution in [2.24, 2.45) is 0 Å². The number of urea groups is 1. The summed E-state index contributed by atoms with van der Waals surface area (Å²) < 4.78 is 46.5. The van der Waals surface area contributed by atoms with Crippen LogP contribution in [-0.2, 0) is 4.74 Å². The standard InChI is InChI=1S/C17H19F3N4O3/c1-10-15(11(2)23-22-10)14-9-26-7-6-24(14)16(25)21-12-4-3-5-13(8-12)27-17(18,19)20/h3-5,8,14H,6-7,9H2,1-2H3,(H,21,25)(H,22,23)/t14-/m1/s1. The van der Waals surface area contributed by atoms with Crippen molar-refractivity contribution in [3.8, 4) is 5.75 Å². The molecule has 0 radical (unpaired) electrons. The first-order valence-electron chi connectivity index (χ1n) is 8.27. The largest absolute Gasteiger partial charge is 0.573 e. The minimum absolute atomic E-state index is 0.202. The van der Waals surface area contributed by atoms with Gasteiger partial charge in [-0.15, -0.1) is 13.2 Å². The highest BCUT2D eigenvalue weighted by molar-refractivity contribution is 5.90. The van der Waals surface area contributed by atoms with E-state index < -0.39 is 18.1 Å². The fourth-order valence-electron chi connectivity index (χ4n) is 3.10. The lowest BCUT2D eigenvalue weighted by atomic mass is 10.0. The molecule has 1 atom stereocenters. The molecule has 2 heterocycles. The van der Waals surface area contributed by atoms with Gasteiger partial charge in [-0.2, -0.15) is 5.10 Å². The van der Waals surface area contributed by atoms with Crippen LogP contribution in [0.2, 0.25) is 0 Å². The van der Waals surface area contributed by atoms with Crippen LogP contribution in [0.4, 0.5) is 23.7 Å². The average molecular weight is 384 g/mol. The molecule has 3 rings (SSSR count). The number of aromatic amines is 1. The van der Waals surface area contributed by atoms with Gasteiger partial charge in [-0.25, -0.2) is 4.79 Å². The summed E-state index contributed by atoms with van der Waals surface area (Å²) in [6.45, 7) is 4.72. The summed E-state index contributed by atoms with van der Waals surface area (Å²) >= 11 is 0. The maximum atomic E-state index is 12.8. The molecule has 0 saturated carbocycles. The van der Waals surface area contributed by atoms with Crippen LogP contribution < -0.4 is 10.1 Å². The Morgan fingerprint density at radius 1 is 1.41 bits per heavy atom. The molecule has 2 aromatic rings. The Morgan fingerprint density at radius 2 is 2.19 bits per heavy atom. The topological polar surface area (TPSA) is 79.5 Å². The van der Waals surface area contributed by atoms with Crippen LogP contribution in [0.25, 0.3) is 0 Å². The van der Waals surface area contributed by atoms with E-state index in [1.165, 1.54) is 18.2 Å². The molecule has 7 nitrogen and oxygen atoms in total. The van der Waals surface area contributed by atoms with Crippen LogP contribution in [0.15, 0.2) is 24.3 Å². The smallest absolute Gasteiger partial charge is 0.406 e. The zero-order valence-corrected chi connectivity index (χ0v) is 14.8. The predicted molar refractivity (Wildman–Crippen MR) is 90.5 cm³/mol. The van der Waals surface area contributed by atoms with Crippen LogP contribution in [0.1, 0.15) is 23.0 Å². The second kappa shape index (κ2) is 7.47. The number of hydrogen-bond acceptors (Lipinski definition) is 4. The molecular weight excluding hydrogens is 365 g/mol. The Bertz CT molecular complexity index is 802. The van der Waals surface area contributed by atoms with E-state index in [1.807, 2.05) is 13.8 Å². The number of halogens is 3. The zero-order chi connectivity index (χ0) is 19.6. The van der Waals surface area contributed by atoms with Crippen molar-refractivity contribution in [3.05, 3.63) is 41.2 Å². The van der Waals surface area contributed by atoms with E-state index in [-0.39, 0.29) is 11.7 Å². The molecule has 0 aliphatic carbocycles. The fraction of sp³-hybridized carbons (Fsp3) is 0.412. The number of H-pyrrole nitrogens is 1. The number of alkyl halides is 3. The molecule has 1 aliphatic rings. The summed E-state index contributed by atoms with van der Waals surface area (Å²) in [6, 6.07) is 4.37. The number of aryl methyl sites for hydroxylation is 2. The highest BCUT2D eigenvalue weighted by Crippen LogP contribution is 2.30. The molecule has 2 N–H and O–H groups in total. The molecular formula is C17H19F3N4O3. The van der Waals surface area contributed by atoms with Crippen molar-refractivity contribution in [2.75, 3.05) is 25.1 Å². The van der Waals surface area contributed by atoms with E-state index in [4.69, 9.17) is 4.74 Å². The van der Waals surface area contributed by atoms with Gasteiger partial charge in [0.2, 0.25) is 0 Å². The van der Waals surface area contributed by atoms with Gasteiger partial charge in [0.05, 0.1) is 24.9 Å². The highest BCUT2D eigenvalue weighted by Gasteiger charge is 2.33. The van der Waals surface area contributed by atoms with E-state index in [2.05, 4.69) is 20.3 Å². The van der Waals surface area contributed by atoms with Crippen molar-refractivity contribution >= 4 is 11.7 Å². The third-order valence-corrected chi connectivity index (χ3v) is 4.23. The van der Waals surface area contributed by atoms with E-state index in [0.29, 0.717) is 19.8 Å². The fourth-order valence-corrected chi connectivity index (χ4v) is 3.10. The van der Waals surface area contributed by atoms with Gasteiger partial charge in [0.1, 0.15) is 5.75 Å². The third kappa shape index (κ3) is 4.51. The highest BCUT2D eigenvalue weighted by atomic mass is 19.4. The van der Waals surface area contributed by atoms with Gasteiger partial charge in [-0.3, -0.25) is 5.10 Å². The number of carbonyl (C=O) groups is 1. The Labute approximate surface area is 153 Å². The summed E-state index contributed by atoms with van der Waals surface area (Å²) in [4.78, 5) is 14.3. The Hall–Kier alpha value is -2.75. The van der Waals surface area contributed by atoms with Gasteiger partial charge >= 0.3 is 12.4 Å². The first-order chi connectivity index (χ1) is 12.7. The minimum atomic E-state index is -4.80. The lowest BCUT2D eigenvalue weighted by Gasteiger charge is -2.36. The molecule has 10 heteroatoms. The van der Waals surface area contributed by atoms with Crippen molar-refractivity contribution in [3.63, 3.8) is 0 Å². The molecule has 1 aliphatic heterocycles. The monoisotopic (exact) mass is 384 g/mol. The van der Waals surface area contributed by atoms with Crippen molar-refractivity contribution in [2.45, 2.75) is 26.3 Å². The number of carbonyl (C=O) groups excluding carboxylic acids is 1. The summed E-state index contributed by atoms with van der Waals surface area (Å²) in [5, 5.41) is 9.66. The Balaban J connectivity index is 1.77. The molecule has 27 heavy (non-hydrogen) atoms. The maximum Gasteiger partial charge on any atom is 0.573 e. The van der Waals surface area contributed by atoms with E-state index in [9.17, 15) is 18.0 Å². The van der Waals surface area contributed by atoms with Gasteiger partial charge in [-0.1, -0.05) is 6.07 Å². The van der Waals surface area contributed by atoms with Crippen molar-refractivity contribution < 1.29 is 27.4 Å². The quantitative estimate of drug-likeness (QED) is 0.849. The number of amides is 2. The molecule has 1 aromatic heterocycles. The number of nitrogens with zero attached hydrogens (tertiary/aromatic N) is 2. The van der Waals surface area contributed by atoms with Gasteiger partial charge in [0, 0.05) is 29.6 Å². The van der Waals surface area contributed by atoms with Gasteiger partial charge < -0.3 is 19.7 Å². The van der Waals surface area contributed by atoms with Crippen molar-refractivity contribution in [1.29, 1.82) is 0 Å². The van der Waals surface area contributed by atoms with Crippen LogP contribution >= 0.6 is 0 Å². The van der Waals surface area contributed by atoms with E-state index in [0.717, 1.165) is 23.0 Å². The molecule has 0 spiro atoms. The molecule has 146 valence electrons. The lowest BCUT2D eigenvalue weighted by Crippen LogP contribution is -2.45. The number of nitrogens with one attached hydrogen (secondary N) is 2. The number of ether oxygens (including phenoxy) is 2. The number of morpholine rings is 1. The van der Waals surface area contributed by atoms with Crippen LogP contribution in [-0.4, -0.2) is 47.2 Å². The van der Waals surface area contributed by atoms with Crippen LogP contribution in [0.3, 0.4) is 0 Å². The first kappa shape index (κ1) is 19.0. The second-order valence-electron chi connectivity index (χ2n) is 6.14. The molecule has 0 bridgehead atoms. The number of aromatic nitrogens is 2. The lowest BCUT2D eigenvalue weighted by molar-refractivity contribution is -0.274. The number of hydrogen-bond donors (Lipinski definition) is 2. The summed E-state index contributed by atoms with van der Waals surface area (Å²) in [7, 11) is 0. The van der Waals surface area contributed by atoms with Crippen LogP contribution in [0.5, 0.6) is 5.75 Å². The summed E-state index contributed by atoms with van der Waals surface area (Å²) in [6.07, 6.45) is -4.80. The van der Waals surface area contributed by atoms with Crippen molar-refractivity contribution in [1.82, 2.24) is 15.1 Å². The number of anilines is 1. The van der Waals surface area contributed by atoms with Gasteiger partial charge in [0.25, 0.3) is 0 Å².